The SMILES string of the molecule is Cc1cc(C)n(Cc2ccc(C(=O)N3CCn4c(C)nnc4C3)o2)n1. The van der Waals surface area contributed by atoms with Crippen LogP contribution in [0.25, 0.3) is 0 Å². The lowest BCUT2D eigenvalue weighted by Crippen LogP contribution is -2.38. The zero-order valence-electron chi connectivity index (χ0n) is 14.6. The van der Waals surface area contributed by atoms with Crippen LogP contribution in [0.1, 0.15) is 39.4 Å². The number of fused-ring (bicyclic) bond motifs is 1. The zero-order valence-corrected chi connectivity index (χ0v) is 14.6. The molecule has 8 heteroatoms. The summed E-state index contributed by atoms with van der Waals surface area (Å²) in [6.07, 6.45) is 0. The Balaban J connectivity index is 1.48. The Bertz CT molecular complexity index is 935. The molecule has 0 atom stereocenters. The molecule has 1 amide bonds. The summed E-state index contributed by atoms with van der Waals surface area (Å²) in [4.78, 5) is 14.5. The third-order valence-electron chi connectivity index (χ3n) is 4.51. The Morgan fingerprint density at radius 1 is 1.20 bits per heavy atom. The van der Waals surface area contributed by atoms with E-state index in [9.17, 15) is 4.79 Å². The number of amides is 1. The molecule has 3 aromatic heterocycles. The minimum atomic E-state index is -0.119. The third-order valence-corrected chi connectivity index (χ3v) is 4.51. The number of carbonyl (C=O) groups is 1. The highest BCUT2D eigenvalue weighted by molar-refractivity contribution is 5.91. The van der Waals surface area contributed by atoms with Crippen LogP contribution in [-0.4, -0.2) is 41.9 Å². The molecule has 0 aromatic carbocycles. The van der Waals surface area contributed by atoms with Crippen molar-refractivity contribution in [2.24, 2.45) is 0 Å². The summed E-state index contributed by atoms with van der Waals surface area (Å²) in [6.45, 7) is 8.18. The van der Waals surface area contributed by atoms with Gasteiger partial charge in [-0.15, -0.1) is 10.2 Å². The van der Waals surface area contributed by atoms with Crippen molar-refractivity contribution < 1.29 is 9.21 Å². The van der Waals surface area contributed by atoms with Gasteiger partial charge in [0.05, 0.1) is 18.8 Å². The first-order chi connectivity index (χ1) is 12.0. The van der Waals surface area contributed by atoms with E-state index in [0.29, 0.717) is 37.7 Å². The minimum Gasteiger partial charge on any atom is -0.454 e. The van der Waals surface area contributed by atoms with E-state index in [2.05, 4.69) is 15.3 Å². The maximum Gasteiger partial charge on any atom is 0.290 e. The molecule has 130 valence electrons. The van der Waals surface area contributed by atoms with E-state index in [0.717, 1.165) is 23.0 Å². The van der Waals surface area contributed by atoms with Gasteiger partial charge in [-0.3, -0.25) is 9.48 Å². The second-order valence-corrected chi connectivity index (χ2v) is 6.39. The predicted molar refractivity (Wildman–Crippen MR) is 89.0 cm³/mol. The number of carbonyl (C=O) groups excluding carboxylic acids is 1. The first-order valence-electron chi connectivity index (χ1n) is 8.29. The van der Waals surface area contributed by atoms with Crippen molar-refractivity contribution in [1.82, 2.24) is 29.4 Å². The van der Waals surface area contributed by atoms with Crippen LogP contribution in [0.4, 0.5) is 0 Å². The topological polar surface area (TPSA) is 82.0 Å². The molecule has 1 aliphatic rings. The van der Waals surface area contributed by atoms with E-state index in [1.54, 1.807) is 11.0 Å². The fourth-order valence-corrected chi connectivity index (χ4v) is 3.19. The van der Waals surface area contributed by atoms with Gasteiger partial charge in [-0.25, -0.2) is 0 Å². The number of hydrogen-bond acceptors (Lipinski definition) is 5. The van der Waals surface area contributed by atoms with E-state index in [4.69, 9.17) is 4.42 Å². The third kappa shape index (κ3) is 2.84. The van der Waals surface area contributed by atoms with E-state index in [-0.39, 0.29) is 5.91 Å². The van der Waals surface area contributed by atoms with Crippen LogP contribution in [0.2, 0.25) is 0 Å². The van der Waals surface area contributed by atoms with Gasteiger partial charge in [-0.05, 0) is 39.0 Å². The molecule has 0 fully saturated rings. The molecule has 4 rings (SSSR count). The van der Waals surface area contributed by atoms with Gasteiger partial charge in [0.25, 0.3) is 5.91 Å². The molecule has 4 heterocycles. The normalized spacial score (nSPS) is 14.0. The van der Waals surface area contributed by atoms with Gasteiger partial charge in [0.15, 0.2) is 11.6 Å². The molecule has 8 nitrogen and oxygen atoms in total. The average Bonchev–Trinajstić information content (AvgIpc) is 3.28. The number of furan rings is 1. The quantitative estimate of drug-likeness (QED) is 0.725. The van der Waals surface area contributed by atoms with Crippen LogP contribution < -0.4 is 0 Å². The summed E-state index contributed by atoms with van der Waals surface area (Å²) in [5.41, 5.74) is 2.03. The summed E-state index contributed by atoms with van der Waals surface area (Å²) in [7, 11) is 0. The molecular formula is C17H20N6O2. The molecule has 0 aliphatic carbocycles. The number of aromatic nitrogens is 5. The van der Waals surface area contributed by atoms with Crippen LogP contribution in [0.3, 0.4) is 0 Å². The Kier molecular flexibility index (Phi) is 3.67. The van der Waals surface area contributed by atoms with Gasteiger partial charge < -0.3 is 13.9 Å². The standard InChI is InChI=1S/C17H20N6O2/c1-11-8-12(2)23(20-11)9-14-4-5-15(25-14)17(24)21-6-7-22-13(3)18-19-16(22)10-21/h4-5,8H,6-7,9-10H2,1-3H3. The van der Waals surface area contributed by atoms with E-state index in [1.807, 2.05) is 42.2 Å². The van der Waals surface area contributed by atoms with E-state index < -0.39 is 0 Å². The van der Waals surface area contributed by atoms with Gasteiger partial charge in [-0.1, -0.05) is 0 Å². The van der Waals surface area contributed by atoms with E-state index >= 15 is 0 Å². The number of aryl methyl sites for hydroxylation is 3. The fraction of sp³-hybridized carbons (Fsp3) is 0.412. The minimum absolute atomic E-state index is 0.119. The largest absolute Gasteiger partial charge is 0.454 e. The Morgan fingerprint density at radius 3 is 2.80 bits per heavy atom. The number of nitrogens with zero attached hydrogens (tertiary/aromatic N) is 6. The summed E-state index contributed by atoms with van der Waals surface area (Å²) in [5.74, 6) is 2.64. The molecule has 1 aliphatic heterocycles. The lowest BCUT2D eigenvalue weighted by Gasteiger charge is -2.26. The van der Waals surface area contributed by atoms with Crippen molar-refractivity contribution in [1.29, 1.82) is 0 Å². The molecule has 0 unspecified atom stereocenters. The monoisotopic (exact) mass is 340 g/mol. The summed E-state index contributed by atoms with van der Waals surface area (Å²) in [5, 5.41) is 12.6. The molecule has 0 saturated carbocycles. The molecule has 0 saturated heterocycles. The van der Waals surface area contributed by atoms with Gasteiger partial charge in [0, 0.05) is 18.8 Å². The maximum absolute atomic E-state index is 12.7. The highest BCUT2D eigenvalue weighted by Gasteiger charge is 2.26. The molecular weight excluding hydrogens is 320 g/mol. The average molecular weight is 340 g/mol. The zero-order chi connectivity index (χ0) is 17.6. The smallest absolute Gasteiger partial charge is 0.290 e. The molecule has 0 bridgehead atoms. The summed E-state index contributed by atoms with van der Waals surface area (Å²) in [6, 6.07) is 5.58. The first-order valence-corrected chi connectivity index (χ1v) is 8.29. The molecule has 0 radical (unpaired) electrons. The Hall–Kier alpha value is -2.90. The van der Waals surface area contributed by atoms with Gasteiger partial charge in [0.2, 0.25) is 0 Å². The Labute approximate surface area is 145 Å². The van der Waals surface area contributed by atoms with Crippen LogP contribution in [0.15, 0.2) is 22.6 Å². The fourth-order valence-electron chi connectivity index (χ4n) is 3.19. The van der Waals surface area contributed by atoms with Crippen molar-refractivity contribution in [3.63, 3.8) is 0 Å². The molecule has 0 N–H and O–H groups in total. The van der Waals surface area contributed by atoms with Crippen LogP contribution in [0, 0.1) is 20.8 Å². The molecule has 3 aromatic rings. The second-order valence-electron chi connectivity index (χ2n) is 6.39. The first kappa shape index (κ1) is 15.6. The van der Waals surface area contributed by atoms with Crippen LogP contribution >= 0.6 is 0 Å². The number of rotatable bonds is 3. The maximum atomic E-state index is 12.7. The summed E-state index contributed by atoms with van der Waals surface area (Å²) >= 11 is 0. The summed E-state index contributed by atoms with van der Waals surface area (Å²) < 4.78 is 9.68. The number of hydrogen-bond donors (Lipinski definition) is 0. The van der Waals surface area contributed by atoms with Crippen LogP contribution in [-0.2, 0) is 19.6 Å². The van der Waals surface area contributed by atoms with Crippen molar-refractivity contribution in [2.75, 3.05) is 6.54 Å². The van der Waals surface area contributed by atoms with Crippen molar-refractivity contribution in [3.8, 4) is 0 Å². The van der Waals surface area contributed by atoms with Crippen molar-refractivity contribution >= 4 is 5.91 Å². The van der Waals surface area contributed by atoms with Gasteiger partial charge >= 0.3 is 0 Å². The van der Waals surface area contributed by atoms with Crippen molar-refractivity contribution in [3.05, 3.63) is 52.8 Å². The molecule has 0 spiro atoms. The lowest BCUT2D eigenvalue weighted by atomic mass is 10.3. The van der Waals surface area contributed by atoms with Crippen molar-refractivity contribution in [2.45, 2.75) is 40.4 Å². The lowest BCUT2D eigenvalue weighted by molar-refractivity contribution is 0.0672. The highest BCUT2D eigenvalue weighted by atomic mass is 16.4. The Morgan fingerprint density at radius 2 is 2.04 bits per heavy atom. The van der Waals surface area contributed by atoms with Crippen LogP contribution in [0.5, 0.6) is 0 Å². The van der Waals surface area contributed by atoms with Gasteiger partial charge in [0.1, 0.15) is 11.6 Å². The highest BCUT2D eigenvalue weighted by Crippen LogP contribution is 2.17. The second kappa shape index (κ2) is 5.87. The van der Waals surface area contributed by atoms with Gasteiger partial charge in [-0.2, -0.15) is 5.10 Å². The predicted octanol–water partition coefficient (Wildman–Crippen LogP) is 1.70. The molecule has 25 heavy (non-hydrogen) atoms. The van der Waals surface area contributed by atoms with E-state index in [1.165, 1.54) is 0 Å².